The van der Waals surface area contributed by atoms with Crippen LogP contribution in [0.3, 0.4) is 0 Å². The summed E-state index contributed by atoms with van der Waals surface area (Å²) in [5, 5.41) is 9.19. The molecule has 1 fully saturated rings. The molecular weight excluding hydrogens is 270 g/mol. The van der Waals surface area contributed by atoms with Crippen molar-refractivity contribution in [3.05, 3.63) is 16.7 Å². The number of hydrogen-bond acceptors (Lipinski definition) is 4. The molecule has 0 saturated carbocycles. The molecule has 0 spiro atoms. The highest BCUT2D eigenvalue weighted by atomic mass is 79.9. The molecule has 0 bridgehead atoms. The number of rotatable bonds is 2. The van der Waals surface area contributed by atoms with Crippen LogP contribution in [-0.4, -0.2) is 29.8 Å². The quantitative estimate of drug-likeness (QED) is 0.867. The Morgan fingerprint density at radius 1 is 1.62 bits per heavy atom. The summed E-state index contributed by atoms with van der Waals surface area (Å²) in [6.07, 6.45) is 3.87. The average molecular weight is 286 g/mol. The number of aliphatic hydroxyl groups excluding tert-OH is 1. The molecule has 0 amide bonds. The summed E-state index contributed by atoms with van der Waals surface area (Å²) in [7, 11) is 0. The lowest BCUT2D eigenvalue weighted by Gasteiger charge is -2.33. The SMILES string of the molecule is Nc1cnc(N2CCCC(CO)C2)c(Br)c1. The summed E-state index contributed by atoms with van der Waals surface area (Å²) in [5.74, 6) is 1.28. The molecule has 88 valence electrons. The Morgan fingerprint density at radius 3 is 3.12 bits per heavy atom. The number of hydrogen-bond donors (Lipinski definition) is 2. The standard InChI is InChI=1S/C11H16BrN3O/c12-10-4-9(13)5-14-11(10)15-3-1-2-8(6-15)7-16/h4-5,8,16H,1-3,6-7,13H2. The molecule has 0 radical (unpaired) electrons. The van der Waals surface area contributed by atoms with Crippen LogP contribution in [0.4, 0.5) is 11.5 Å². The van der Waals surface area contributed by atoms with Crippen LogP contribution in [0.15, 0.2) is 16.7 Å². The van der Waals surface area contributed by atoms with Crippen molar-refractivity contribution in [2.24, 2.45) is 5.92 Å². The number of pyridine rings is 1. The van der Waals surface area contributed by atoms with E-state index < -0.39 is 0 Å². The Morgan fingerprint density at radius 2 is 2.44 bits per heavy atom. The van der Waals surface area contributed by atoms with Gasteiger partial charge in [-0.3, -0.25) is 0 Å². The highest BCUT2D eigenvalue weighted by Gasteiger charge is 2.21. The molecular formula is C11H16BrN3O. The molecule has 1 saturated heterocycles. The number of nitrogen functional groups attached to an aromatic ring is 1. The van der Waals surface area contributed by atoms with E-state index in [1.165, 1.54) is 0 Å². The first kappa shape index (κ1) is 11.7. The number of halogens is 1. The predicted molar refractivity (Wildman–Crippen MR) is 68.4 cm³/mol. The van der Waals surface area contributed by atoms with Crippen molar-refractivity contribution in [1.29, 1.82) is 0 Å². The van der Waals surface area contributed by atoms with E-state index in [1.54, 1.807) is 6.20 Å². The first-order valence-electron chi connectivity index (χ1n) is 5.47. The van der Waals surface area contributed by atoms with Crippen molar-refractivity contribution in [3.8, 4) is 0 Å². The Hall–Kier alpha value is -0.810. The third-order valence-corrected chi connectivity index (χ3v) is 3.50. The summed E-state index contributed by atoms with van der Waals surface area (Å²) in [5.41, 5.74) is 6.32. The van der Waals surface area contributed by atoms with E-state index in [-0.39, 0.29) is 6.61 Å². The fourth-order valence-electron chi connectivity index (χ4n) is 2.08. The summed E-state index contributed by atoms with van der Waals surface area (Å²) in [6.45, 7) is 2.11. The lowest BCUT2D eigenvalue weighted by molar-refractivity contribution is 0.208. The topological polar surface area (TPSA) is 62.4 Å². The van der Waals surface area contributed by atoms with Crippen LogP contribution >= 0.6 is 15.9 Å². The molecule has 4 nitrogen and oxygen atoms in total. The predicted octanol–water partition coefficient (Wildman–Crippen LogP) is 1.64. The maximum atomic E-state index is 9.19. The maximum absolute atomic E-state index is 9.19. The van der Waals surface area contributed by atoms with Crippen LogP contribution < -0.4 is 10.6 Å². The number of aliphatic hydroxyl groups is 1. The van der Waals surface area contributed by atoms with Crippen LogP contribution in [0, 0.1) is 5.92 Å². The van der Waals surface area contributed by atoms with Crippen molar-refractivity contribution < 1.29 is 5.11 Å². The second kappa shape index (κ2) is 5.01. The van der Waals surface area contributed by atoms with Gasteiger partial charge in [-0.1, -0.05) is 0 Å². The molecule has 3 N–H and O–H groups in total. The van der Waals surface area contributed by atoms with Crippen LogP contribution in [0.2, 0.25) is 0 Å². The lowest BCUT2D eigenvalue weighted by atomic mass is 9.99. The van der Waals surface area contributed by atoms with Crippen LogP contribution in [0.5, 0.6) is 0 Å². The second-order valence-electron chi connectivity index (χ2n) is 4.21. The highest BCUT2D eigenvalue weighted by Crippen LogP contribution is 2.29. The van der Waals surface area contributed by atoms with Crippen LogP contribution in [-0.2, 0) is 0 Å². The largest absolute Gasteiger partial charge is 0.397 e. The first-order valence-corrected chi connectivity index (χ1v) is 6.27. The summed E-state index contributed by atoms with van der Waals surface area (Å²) >= 11 is 3.48. The van der Waals surface area contributed by atoms with Gasteiger partial charge in [-0.15, -0.1) is 0 Å². The summed E-state index contributed by atoms with van der Waals surface area (Å²) in [4.78, 5) is 6.54. The van der Waals surface area contributed by atoms with Gasteiger partial charge in [0.2, 0.25) is 0 Å². The third kappa shape index (κ3) is 2.47. The van der Waals surface area contributed by atoms with Gasteiger partial charge in [0.05, 0.1) is 16.4 Å². The van der Waals surface area contributed by atoms with Crippen molar-refractivity contribution in [2.75, 3.05) is 30.3 Å². The zero-order valence-electron chi connectivity index (χ0n) is 9.06. The van der Waals surface area contributed by atoms with Gasteiger partial charge in [-0.25, -0.2) is 4.98 Å². The Kier molecular flexibility index (Phi) is 3.66. The van der Waals surface area contributed by atoms with Gasteiger partial charge >= 0.3 is 0 Å². The van der Waals surface area contributed by atoms with Crippen molar-refractivity contribution >= 4 is 27.4 Å². The molecule has 1 atom stereocenters. The second-order valence-corrected chi connectivity index (χ2v) is 5.07. The monoisotopic (exact) mass is 285 g/mol. The molecule has 2 heterocycles. The molecule has 2 rings (SSSR count). The molecule has 16 heavy (non-hydrogen) atoms. The minimum Gasteiger partial charge on any atom is -0.397 e. The number of nitrogens with zero attached hydrogens (tertiary/aromatic N) is 2. The molecule has 1 aromatic heterocycles. The van der Waals surface area contributed by atoms with Gasteiger partial charge in [0, 0.05) is 19.7 Å². The van der Waals surface area contributed by atoms with E-state index in [0.717, 1.165) is 36.2 Å². The molecule has 5 heteroatoms. The van der Waals surface area contributed by atoms with Gasteiger partial charge in [-0.2, -0.15) is 0 Å². The minimum atomic E-state index is 0.253. The van der Waals surface area contributed by atoms with Crippen LogP contribution in [0.25, 0.3) is 0 Å². The number of piperidine rings is 1. The molecule has 1 aromatic rings. The molecule has 1 unspecified atom stereocenters. The molecule has 0 aromatic carbocycles. The lowest BCUT2D eigenvalue weighted by Crippen LogP contribution is -2.37. The molecule has 1 aliphatic heterocycles. The summed E-state index contributed by atoms with van der Waals surface area (Å²) in [6, 6.07) is 1.87. The molecule has 0 aliphatic carbocycles. The van der Waals surface area contributed by atoms with E-state index in [2.05, 4.69) is 25.8 Å². The Labute approximate surface area is 104 Å². The van der Waals surface area contributed by atoms with Gasteiger partial charge in [0.25, 0.3) is 0 Å². The van der Waals surface area contributed by atoms with Crippen molar-refractivity contribution in [2.45, 2.75) is 12.8 Å². The minimum absolute atomic E-state index is 0.253. The fourth-order valence-corrected chi connectivity index (χ4v) is 2.70. The normalized spacial score (nSPS) is 21.1. The van der Waals surface area contributed by atoms with E-state index in [1.807, 2.05) is 6.07 Å². The highest BCUT2D eigenvalue weighted by molar-refractivity contribution is 9.10. The number of anilines is 2. The fraction of sp³-hybridized carbons (Fsp3) is 0.545. The van der Waals surface area contributed by atoms with Gasteiger partial charge in [-0.05, 0) is 40.8 Å². The van der Waals surface area contributed by atoms with E-state index in [9.17, 15) is 5.11 Å². The zero-order chi connectivity index (χ0) is 11.5. The zero-order valence-corrected chi connectivity index (χ0v) is 10.7. The van der Waals surface area contributed by atoms with E-state index >= 15 is 0 Å². The van der Waals surface area contributed by atoms with Gasteiger partial charge in [0.1, 0.15) is 5.82 Å². The van der Waals surface area contributed by atoms with Crippen molar-refractivity contribution in [1.82, 2.24) is 4.98 Å². The number of aromatic nitrogens is 1. The Balaban J connectivity index is 2.16. The van der Waals surface area contributed by atoms with Gasteiger partial charge < -0.3 is 15.7 Å². The first-order chi connectivity index (χ1) is 7.70. The smallest absolute Gasteiger partial charge is 0.143 e. The van der Waals surface area contributed by atoms with Crippen LogP contribution in [0.1, 0.15) is 12.8 Å². The summed E-state index contributed by atoms with van der Waals surface area (Å²) < 4.78 is 0.922. The van der Waals surface area contributed by atoms with Crippen molar-refractivity contribution in [3.63, 3.8) is 0 Å². The average Bonchev–Trinajstić information content (AvgIpc) is 2.29. The maximum Gasteiger partial charge on any atom is 0.143 e. The Bertz CT molecular complexity index is 372. The van der Waals surface area contributed by atoms with E-state index in [0.29, 0.717) is 11.6 Å². The van der Waals surface area contributed by atoms with E-state index in [4.69, 9.17) is 5.73 Å². The number of nitrogens with two attached hydrogens (primary N) is 1. The van der Waals surface area contributed by atoms with Gasteiger partial charge in [0.15, 0.2) is 0 Å². The molecule has 1 aliphatic rings. The third-order valence-electron chi connectivity index (χ3n) is 2.92.